The minimum Gasteiger partial charge on any atom is -0.759 e. The van der Waals surface area contributed by atoms with Crippen molar-refractivity contribution in [1.29, 1.82) is 0 Å². The molecule has 0 radical (unpaired) electrons. The summed E-state index contributed by atoms with van der Waals surface area (Å²) in [7, 11) is -14.5. The van der Waals surface area contributed by atoms with E-state index >= 15 is 0 Å². The van der Waals surface area contributed by atoms with E-state index in [2.05, 4.69) is 0 Å². The maximum atomic E-state index is 8.74. The Morgan fingerprint density at radius 2 is 0.579 bits per heavy atom. The fourth-order valence-corrected chi connectivity index (χ4v) is 0. The van der Waals surface area contributed by atoms with Gasteiger partial charge in [0.15, 0.2) is 0 Å². The average Bonchev–Trinajstić information content (AvgIpc) is 1.41. The third-order valence-electron chi connectivity index (χ3n) is 0. The molecule has 0 fully saturated rings. The fraction of sp³-hybridized carbons (Fsp3) is 0. The Morgan fingerprint density at radius 3 is 0.579 bits per heavy atom. The topological polar surface area (TPSA) is 299 Å². The fourth-order valence-electron chi connectivity index (χ4n) is 0. The van der Waals surface area contributed by atoms with Crippen LogP contribution in [0.4, 0.5) is 0 Å². The molecule has 0 saturated carbocycles. The van der Waals surface area contributed by atoms with Gasteiger partial charge in [0.05, 0.1) is 0 Å². The Morgan fingerprint density at radius 1 is 0.579 bits per heavy atom. The molecule has 0 saturated heterocycles. The average molecular weight is 372 g/mol. The second-order valence-corrected chi connectivity index (χ2v) is 3.91. The van der Waals surface area contributed by atoms with Crippen molar-refractivity contribution < 1.29 is 112 Å². The van der Waals surface area contributed by atoms with Crippen molar-refractivity contribution in [1.82, 2.24) is 12.3 Å². The van der Waals surface area contributed by atoms with E-state index in [-0.39, 0.29) is 71.4 Å². The molecule has 0 bridgehead atoms. The smallest absolute Gasteiger partial charge is 0.759 e. The van der Waals surface area contributed by atoms with Gasteiger partial charge < -0.3 is 21.4 Å². The summed E-state index contributed by atoms with van der Waals surface area (Å²) in [4.78, 5) is 0. The molecule has 0 unspecified atom stereocenters. The molecule has 19 heavy (non-hydrogen) atoms. The van der Waals surface area contributed by atoms with Gasteiger partial charge in [-0.25, -0.2) is 0 Å². The second kappa shape index (κ2) is 17.6. The molecule has 14 nitrogen and oxygen atoms in total. The van der Waals surface area contributed by atoms with Crippen LogP contribution in [0.2, 0.25) is 0 Å². The SMILES string of the molecule is N.N.O=S(=O)(O)O.O=S(=O)(O)O.O=S(=O)([O-])[O-].[Na+].[Na+]. The summed E-state index contributed by atoms with van der Waals surface area (Å²) in [6.45, 7) is 0. The summed E-state index contributed by atoms with van der Waals surface area (Å²) in [5.41, 5.74) is 0. The van der Waals surface area contributed by atoms with Crippen molar-refractivity contribution in [2.45, 2.75) is 0 Å². The third kappa shape index (κ3) is 2560. The predicted octanol–water partition coefficient (Wildman–Crippen LogP) is -8.31. The van der Waals surface area contributed by atoms with Crippen LogP contribution in [0.25, 0.3) is 0 Å². The molecular formula is H10N2Na2O12S3. The molecule has 0 spiro atoms. The van der Waals surface area contributed by atoms with Crippen LogP contribution in [0, 0.1) is 0 Å². The zero-order chi connectivity index (χ0) is 13.5. The van der Waals surface area contributed by atoms with E-state index in [0.29, 0.717) is 0 Å². The van der Waals surface area contributed by atoms with Crippen molar-refractivity contribution in [2.75, 3.05) is 0 Å². The Balaban J connectivity index is -0.0000000206. The van der Waals surface area contributed by atoms with Crippen LogP contribution in [-0.4, -0.2) is 52.6 Å². The van der Waals surface area contributed by atoms with Crippen LogP contribution in [0.1, 0.15) is 0 Å². The van der Waals surface area contributed by atoms with E-state index in [1.54, 1.807) is 0 Å². The van der Waals surface area contributed by atoms with E-state index in [1.807, 2.05) is 0 Å². The van der Waals surface area contributed by atoms with Crippen LogP contribution in [-0.2, 0) is 31.2 Å². The first-order chi connectivity index (χ1) is 6.00. The molecule has 0 aromatic heterocycles. The van der Waals surface area contributed by atoms with Gasteiger partial charge >= 0.3 is 79.9 Å². The van der Waals surface area contributed by atoms with Crippen molar-refractivity contribution in [2.24, 2.45) is 0 Å². The molecule has 0 rings (SSSR count). The van der Waals surface area contributed by atoms with Gasteiger partial charge in [-0.1, -0.05) is 0 Å². The number of rotatable bonds is 0. The van der Waals surface area contributed by atoms with E-state index < -0.39 is 31.2 Å². The van der Waals surface area contributed by atoms with Crippen LogP contribution in [0.5, 0.6) is 0 Å². The Kier molecular flexibility index (Phi) is 39.6. The summed E-state index contributed by atoms with van der Waals surface area (Å²) in [5, 5.41) is 0. The Bertz CT molecular complexity index is 350. The maximum Gasteiger partial charge on any atom is 1.00 e. The molecule has 0 atom stereocenters. The summed E-state index contributed by atoms with van der Waals surface area (Å²) in [5.74, 6) is 0. The van der Waals surface area contributed by atoms with Gasteiger partial charge in [-0.15, -0.1) is 0 Å². The summed E-state index contributed by atoms with van der Waals surface area (Å²) in [6, 6.07) is 0. The third-order valence-corrected chi connectivity index (χ3v) is 0. The molecule has 0 aliphatic rings. The first-order valence-corrected chi connectivity index (χ1v) is 6.19. The predicted molar refractivity (Wildman–Crippen MR) is 48.9 cm³/mol. The van der Waals surface area contributed by atoms with Crippen molar-refractivity contribution in [3.8, 4) is 0 Å². The minimum atomic E-state index is -5.17. The van der Waals surface area contributed by atoms with Crippen LogP contribution in [0.3, 0.4) is 0 Å². The molecule has 19 heteroatoms. The summed E-state index contributed by atoms with van der Waals surface area (Å²) < 4.78 is 97.2. The van der Waals surface area contributed by atoms with Gasteiger partial charge in [-0.3, -0.25) is 26.6 Å². The van der Waals surface area contributed by atoms with E-state index in [0.717, 1.165) is 0 Å². The summed E-state index contributed by atoms with van der Waals surface area (Å²) in [6.07, 6.45) is 0. The first kappa shape index (κ1) is 42.8. The van der Waals surface area contributed by atoms with Gasteiger partial charge in [-0.2, -0.15) is 16.8 Å². The van der Waals surface area contributed by atoms with Gasteiger partial charge in [0.2, 0.25) is 0 Å². The molecule has 0 aromatic carbocycles. The quantitative estimate of drug-likeness (QED) is 0.131. The van der Waals surface area contributed by atoms with Crippen molar-refractivity contribution in [3.63, 3.8) is 0 Å². The van der Waals surface area contributed by atoms with Crippen LogP contribution in [0.15, 0.2) is 0 Å². The van der Waals surface area contributed by atoms with Crippen molar-refractivity contribution in [3.05, 3.63) is 0 Å². The summed E-state index contributed by atoms with van der Waals surface area (Å²) >= 11 is 0. The molecule has 10 N–H and O–H groups in total. The van der Waals surface area contributed by atoms with Gasteiger partial charge in [0.1, 0.15) is 0 Å². The molecule has 0 amide bonds. The van der Waals surface area contributed by atoms with Gasteiger partial charge in [0.25, 0.3) is 0 Å². The van der Waals surface area contributed by atoms with E-state index in [9.17, 15) is 0 Å². The zero-order valence-electron chi connectivity index (χ0n) is 9.69. The van der Waals surface area contributed by atoms with Crippen LogP contribution >= 0.6 is 0 Å². The Labute approximate surface area is 153 Å². The molecule has 0 heterocycles. The van der Waals surface area contributed by atoms with Crippen molar-refractivity contribution >= 4 is 31.2 Å². The maximum absolute atomic E-state index is 8.74. The van der Waals surface area contributed by atoms with Gasteiger partial charge in [-0.05, 0) is 0 Å². The zero-order valence-corrected chi connectivity index (χ0v) is 16.1. The largest absolute Gasteiger partial charge is 1.00 e. The second-order valence-electron chi connectivity index (χ2n) is 1.30. The van der Waals surface area contributed by atoms with Crippen LogP contribution < -0.4 is 71.4 Å². The molecule has 0 aliphatic heterocycles. The molecule has 112 valence electrons. The monoisotopic (exact) mass is 372 g/mol. The number of hydrogen-bond donors (Lipinski definition) is 6. The normalized spacial score (nSPS) is 9.16. The minimum absolute atomic E-state index is 0. The van der Waals surface area contributed by atoms with E-state index in [1.165, 1.54) is 0 Å². The standard InChI is InChI=1S/2H3N.2Na.3H2O4S/c;;;;3*1-5(2,3)4/h2*1H3;;;3*(H2,1,2,3,4)/q;;2*+1;;;/p-2. The Hall–Kier alpha value is 1.53. The van der Waals surface area contributed by atoms with Gasteiger partial charge in [0, 0.05) is 10.4 Å². The molecule has 0 aromatic rings. The first-order valence-electron chi connectivity index (χ1n) is 2.06. The number of hydrogen-bond acceptors (Lipinski definition) is 10. The molecular weight excluding hydrogens is 362 g/mol. The molecule has 0 aliphatic carbocycles. The van der Waals surface area contributed by atoms with E-state index in [4.69, 9.17) is 52.6 Å².